The third-order valence-corrected chi connectivity index (χ3v) is 2.85. The number of carboxylic acid groups (broad SMARTS) is 1. The van der Waals surface area contributed by atoms with Crippen molar-refractivity contribution in [3.05, 3.63) is 11.6 Å². The summed E-state index contributed by atoms with van der Waals surface area (Å²) in [7, 11) is 0. The number of aliphatic carboxylic acids is 1. The maximum Gasteiger partial charge on any atom is 0.330 e. The molecule has 0 aliphatic heterocycles. The first-order chi connectivity index (χ1) is 10.3. The zero-order valence-corrected chi connectivity index (χ0v) is 14.1. The third-order valence-electron chi connectivity index (χ3n) is 2.85. The highest BCUT2D eigenvalue weighted by Gasteiger charge is 2.24. The minimum atomic E-state index is -0.965. The summed E-state index contributed by atoms with van der Waals surface area (Å²) in [4.78, 5) is 11.0. The molecule has 0 aliphatic rings. The van der Waals surface area contributed by atoms with Gasteiger partial charge in [0.15, 0.2) is 0 Å². The fourth-order valence-electron chi connectivity index (χ4n) is 1.84. The van der Waals surface area contributed by atoms with E-state index in [-0.39, 0.29) is 18.8 Å². The van der Waals surface area contributed by atoms with Gasteiger partial charge in [0.2, 0.25) is 0 Å². The van der Waals surface area contributed by atoms with Crippen LogP contribution in [-0.2, 0) is 19.0 Å². The zero-order chi connectivity index (χ0) is 17.0. The third kappa shape index (κ3) is 10.7. The molecule has 0 aliphatic carbocycles. The lowest BCUT2D eigenvalue weighted by molar-refractivity contribution is -0.132. The minimum Gasteiger partial charge on any atom is -0.478 e. The molecule has 0 rings (SSSR count). The molecule has 0 radical (unpaired) electrons. The van der Waals surface area contributed by atoms with E-state index in [4.69, 9.17) is 19.3 Å². The number of carbonyl (C=O) groups is 1. The largest absolute Gasteiger partial charge is 0.478 e. The molecule has 2 N–H and O–H groups in total. The lowest BCUT2D eigenvalue weighted by Crippen LogP contribution is -2.30. The van der Waals surface area contributed by atoms with Crippen molar-refractivity contribution in [2.45, 2.75) is 40.2 Å². The van der Waals surface area contributed by atoms with E-state index in [9.17, 15) is 9.90 Å². The fraction of sp³-hybridized carbons (Fsp3) is 0.812. The summed E-state index contributed by atoms with van der Waals surface area (Å²) in [6.45, 7) is 9.56. The van der Waals surface area contributed by atoms with Gasteiger partial charge in [-0.1, -0.05) is 19.9 Å². The molecule has 2 unspecified atom stereocenters. The van der Waals surface area contributed by atoms with Crippen LogP contribution in [0.5, 0.6) is 0 Å². The molecule has 130 valence electrons. The summed E-state index contributed by atoms with van der Waals surface area (Å²) in [5.74, 6) is -0.965. The molecule has 0 aromatic rings. The van der Waals surface area contributed by atoms with Crippen molar-refractivity contribution in [3.8, 4) is 0 Å². The average molecular weight is 318 g/mol. The van der Waals surface area contributed by atoms with Gasteiger partial charge in [-0.2, -0.15) is 0 Å². The molecule has 0 saturated heterocycles. The van der Waals surface area contributed by atoms with Crippen LogP contribution in [0.3, 0.4) is 0 Å². The zero-order valence-electron chi connectivity index (χ0n) is 14.1. The van der Waals surface area contributed by atoms with Gasteiger partial charge in [0.1, 0.15) is 0 Å². The summed E-state index contributed by atoms with van der Waals surface area (Å²) >= 11 is 0. The Hall–Kier alpha value is -0.950. The molecule has 6 heteroatoms. The Morgan fingerprint density at radius 3 is 2.32 bits per heavy atom. The second-order valence-electron chi connectivity index (χ2n) is 5.82. The summed E-state index contributed by atoms with van der Waals surface area (Å²) in [6, 6.07) is 0. The number of carboxylic acids is 1. The second kappa shape index (κ2) is 11.6. The van der Waals surface area contributed by atoms with Crippen LogP contribution in [0.15, 0.2) is 11.6 Å². The van der Waals surface area contributed by atoms with E-state index in [0.717, 1.165) is 6.42 Å². The number of hydrogen-bond acceptors (Lipinski definition) is 5. The Morgan fingerprint density at radius 1 is 1.18 bits per heavy atom. The second-order valence-corrected chi connectivity index (χ2v) is 5.82. The smallest absolute Gasteiger partial charge is 0.330 e. The molecule has 0 bridgehead atoms. The highest BCUT2D eigenvalue weighted by molar-refractivity contribution is 5.85. The Kier molecular flexibility index (Phi) is 11.1. The van der Waals surface area contributed by atoms with Gasteiger partial charge in [-0.25, -0.2) is 4.79 Å². The SMILES string of the molecule is CCCOCCOCC(C)(C=C(C)C(=O)O)COCC(C)O. The fourth-order valence-corrected chi connectivity index (χ4v) is 1.84. The van der Waals surface area contributed by atoms with Crippen molar-refractivity contribution >= 4 is 5.97 Å². The predicted octanol–water partition coefficient (Wildman–Crippen LogP) is 1.86. The predicted molar refractivity (Wildman–Crippen MR) is 83.9 cm³/mol. The van der Waals surface area contributed by atoms with Crippen LogP contribution < -0.4 is 0 Å². The van der Waals surface area contributed by atoms with E-state index in [2.05, 4.69) is 0 Å². The first-order valence-corrected chi connectivity index (χ1v) is 7.65. The van der Waals surface area contributed by atoms with Crippen LogP contribution in [0.1, 0.15) is 34.1 Å². The number of ether oxygens (including phenoxy) is 3. The summed E-state index contributed by atoms with van der Waals surface area (Å²) in [5.41, 5.74) is -0.323. The van der Waals surface area contributed by atoms with E-state index in [1.54, 1.807) is 19.9 Å². The van der Waals surface area contributed by atoms with Crippen LogP contribution in [0.4, 0.5) is 0 Å². The lowest BCUT2D eigenvalue weighted by atomic mass is 9.90. The van der Waals surface area contributed by atoms with Gasteiger partial charge in [0.05, 0.1) is 39.1 Å². The van der Waals surface area contributed by atoms with Crippen molar-refractivity contribution in [2.75, 3.05) is 39.6 Å². The highest BCUT2D eigenvalue weighted by Crippen LogP contribution is 2.22. The molecular weight excluding hydrogens is 288 g/mol. The van der Waals surface area contributed by atoms with Gasteiger partial charge < -0.3 is 24.4 Å². The number of aliphatic hydroxyl groups is 1. The maximum atomic E-state index is 11.0. The van der Waals surface area contributed by atoms with Gasteiger partial charge >= 0.3 is 5.97 Å². The van der Waals surface area contributed by atoms with Crippen molar-refractivity contribution in [1.29, 1.82) is 0 Å². The van der Waals surface area contributed by atoms with Gasteiger partial charge in [-0.05, 0) is 20.3 Å². The van der Waals surface area contributed by atoms with Crippen LogP contribution >= 0.6 is 0 Å². The lowest BCUT2D eigenvalue weighted by Gasteiger charge is -2.26. The highest BCUT2D eigenvalue weighted by atomic mass is 16.5. The molecule has 0 aromatic heterocycles. The van der Waals surface area contributed by atoms with Gasteiger partial charge in [0, 0.05) is 17.6 Å². The Balaban J connectivity index is 4.44. The molecule has 0 spiro atoms. The van der Waals surface area contributed by atoms with Gasteiger partial charge in [-0.15, -0.1) is 0 Å². The van der Waals surface area contributed by atoms with Crippen molar-refractivity contribution < 1.29 is 29.2 Å². The topological polar surface area (TPSA) is 85.2 Å². The first kappa shape index (κ1) is 21.0. The first-order valence-electron chi connectivity index (χ1n) is 7.65. The van der Waals surface area contributed by atoms with Crippen molar-refractivity contribution in [2.24, 2.45) is 5.41 Å². The molecule has 0 amide bonds. The normalized spacial score (nSPS) is 16.3. The molecule has 22 heavy (non-hydrogen) atoms. The van der Waals surface area contributed by atoms with E-state index >= 15 is 0 Å². The van der Waals surface area contributed by atoms with E-state index in [0.29, 0.717) is 26.4 Å². The van der Waals surface area contributed by atoms with Crippen LogP contribution in [0, 0.1) is 5.41 Å². The van der Waals surface area contributed by atoms with E-state index < -0.39 is 17.5 Å². The standard InChI is InChI=1S/C16H30O6/c1-5-6-20-7-8-21-11-16(4,9-13(2)15(18)19)12-22-10-14(3)17/h9,14,17H,5-8,10-12H2,1-4H3,(H,18,19). The molecule has 0 saturated carbocycles. The number of rotatable bonds is 13. The molecular formula is C16H30O6. The van der Waals surface area contributed by atoms with Crippen LogP contribution in [0.2, 0.25) is 0 Å². The molecule has 2 atom stereocenters. The van der Waals surface area contributed by atoms with Gasteiger partial charge in [-0.3, -0.25) is 0 Å². The Labute approximate surface area is 133 Å². The van der Waals surface area contributed by atoms with Crippen molar-refractivity contribution in [1.82, 2.24) is 0 Å². The molecule has 0 fully saturated rings. The van der Waals surface area contributed by atoms with Crippen molar-refractivity contribution in [3.63, 3.8) is 0 Å². The van der Waals surface area contributed by atoms with Crippen LogP contribution in [-0.4, -0.2) is 61.9 Å². The van der Waals surface area contributed by atoms with E-state index in [1.165, 1.54) is 0 Å². The molecule has 0 aromatic carbocycles. The Bertz CT molecular complexity index is 340. The van der Waals surface area contributed by atoms with Gasteiger partial charge in [0.25, 0.3) is 0 Å². The number of hydrogen-bond donors (Lipinski definition) is 2. The molecule has 0 heterocycles. The monoisotopic (exact) mass is 318 g/mol. The Morgan fingerprint density at radius 2 is 1.77 bits per heavy atom. The summed E-state index contributed by atoms with van der Waals surface area (Å²) in [5, 5.41) is 18.3. The quantitative estimate of drug-likeness (QED) is 0.398. The summed E-state index contributed by atoms with van der Waals surface area (Å²) in [6.07, 6.45) is 2.05. The van der Waals surface area contributed by atoms with E-state index in [1.807, 2.05) is 13.8 Å². The average Bonchev–Trinajstić information content (AvgIpc) is 2.42. The van der Waals surface area contributed by atoms with Crippen LogP contribution in [0.25, 0.3) is 0 Å². The summed E-state index contributed by atoms with van der Waals surface area (Å²) < 4.78 is 16.3. The number of aliphatic hydroxyl groups excluding tert-OH is 1. The minimum absolute atomic E-state index is 0.204. The maximum absolute atomic E-state index is 11.0. The molecule has 6 nitrogen and oxygen atoms in total.